The van der Waals surface area contributed by atoms with Gasteiger partial charge >= 0.3 is 0 Å². The van der Waals surface area contributed by atoms with Crippen LogP contribution in [0, 0.1) is 24.2 Å². The van der Waals surface area contributed by atoms with Crippen LogP contribution in [0.2, 0.25) is 0 Å². The Kier molecular flexibility index (Phi) is 8.83. The molecule has 0 spiro atoms. The Balaban J connectivity index is 1.56. The lowest BCUT2D eigenvalue weighted by Crippen LogP contribution is -2.48. The van der Waals surface area contributed by atoms with Gasteiger partial charge in [0.05, 0.1) is 28.2 Å². The lowest BCUT2D eigenvalue weighted by Gasteiger charge is -2.30. The van der Waals surface area contributed by atoms with Gasteiger partial charge in [0.25, 0.3) is 0 Å². The molecule has 2 aromatic rings. The zero-order chi connectivity index (χ0) is 25.8. The lowest BCUT2D eigenvalue weighted by atomic mass is 9.81. The molecule has 8 heteroatoms. The maximum atomic E-state index is 13.0. The zero-order valence-electron chi connectivity index (χ0n) is 21.3. The van der Waals surface area contributed by atoms with Crippen molar-refractivity contribution in [3.8, 4) is 10.4 Å². The van der Waals surface area contributed by atoms with Crippen molar-refractivity contribution in [2.45, 2.75) is 79.0 Å². The maximum Gasteiger partial charge on any atom is 0.223 e. The van der Waals surface area contributed by atoms with Gasteiger partial charge in [0.2, 0.25) is 11.8 Å². The first-order chi connectivity index (χ1) is 16.5. The average Bonchev–Trinajstić information content (AvgIpc) is 3.38. The summed E-state index contributed by atoms with van der Waals surface area (Å²) in [4.78, 5) is 42.9. The van der Waals surface area contributed by atoms with Gasteiger partial charge in [-0.3, -0.25) is 14.4 Å². The molecule has 0 bridgehead atoms. The van der Waals surface area contributed by atoms with Crippen LogP contribution in [0.4, 0.5) is 0 Å². The van der Waals surface area contributed by atoms with Gasteiger partial charge in [0.15, 0.2) is 5.78 Å². The van der Waals surface area contributed by atoms with Crippen molar-refractivity contribution in [2.75, 3.05) is 0 Å². The molecule has 2 amide bonds. The number of benzene rings is 1. The Morgan fingerprint density at radius 2 is 1.86 bits per heavy atom. The fourth-order valence-corrected chi connectivity index (χ4v) is 5.68. The van der Waals surface area contributed by atoms with Crippen molar-refractivity contribution in [1.29, 1.82) is 0 Å². The third-order valence-electron chi connectivity index (χ3n) is 6.73. The minimum Gasteiger partial charge on any atom is -0.393 e. The normalized spacial score (nSPS) is 20.9. The highest BCUT2D eigenvalue weighted by Crippen LogP contribution is 2.36. The number of hydrogen-bond acceptors (Lipinski definition) is 6. The number of aliphatic hydroxyl groups is 1. The van der Waals surface area contributed by atoms with Gasteiger partial charge < -0.3 is 15.7 Å². The molecule has 0 radical (unpaired) electrons. The van der Waals surface area contributed by atoms with Crippen LogP contribution >= 0.6 is 11.3 Å². The van der Waals surface area contributed by atoms with Crippen molar-refractivity contribution in [3.63, 3.8) is 0 Å². The molecular weight excluding hydrogens is 462 g/mol. The fourth-order valence-electron chi connectivity index (χ4n) is 4.86. The van der Waals surface area contributed by atoms with Crippen LogP contribution in [0.1, 0.15) is 64.6 Å². The summed E-state index contributed by atoms with van der Waals surface area (Å²) in [5.74, 6) is -0.753. The summed E-state index contributed by atoms with van der Waals surface area (Å²) in [5.41, 5.74) is 4.55. The Bertz CT molecular complexity index is 1040. The average molecular weight is 500 g/mol. The highest BCUT2D eigenvalue weighted by atomic mass is 32.1. The molecule has 1 saturated carbocycles. The van der Waals surface area contributed by atoms with Gasteiger partial charge in [0, 0.05) is 25.8 Å². The van der Waals surface area contributed by atoms with Crippen molar-refractivity contribution >= 4 is 28.9 Å². The molecule has 1 unspecified atom stereocenters. The zero-order valence-corrected chi connectivity index (χ0v) is 22.1. The molecule has 1 aliphatic rings. The van der Waals surface area contributed by atoms with E-state index in [4.69, 9.17) is 0 Å². The molecule has 7 nitrogen and oxygen atoms in total. The largest absolute Gasteiger partial charge is 0.393 e. The number of amides is 2. The summed E-state index contributed by atoms with van der Waals surface area (Å²) in [6.07, 6.45) is 1.16. The highest BCUT2D eigenvalue weighted by Gasteiger charge is 2.39. The minimum absolute atomic E-state index is 0.0375. The minimum atomic E-state index is -0.574. The van der Waals surface area contributed by atoms with E-state index in [2.05, 4.69) is 15.6 Å². The van der Waals surface area contributed by atoms with Crippen molar-refractivity contribution in [2.24, 2.45) is 17.3 Å². The first kappa shape index (κ1) is 27.0. The van der Waals surface area contributed by atoms with E-state index in [9.17, 15) is 19.5 Å². The number of ketones is 1. The Hall–Kier alpha value is -2.58. The molecule has 0 aliphatic heterocycles. The molecule has 190 valence electrons. The third kappa shape index (κ3) is 7.21. The number of carbonyl (C=O) groups is 3. The van der Waals surface area contributed by atoms with E-state index < -0.39 is 17.6 Å². The molecule has 3 N–H and O–H groups in total. The summed E-state index contributed by atoms with van der Waals surface area (Å²) in [5, 5.41) is 16.0. The molecule has 1 fully saturated rings. The van der Waals surface area contributed by atoms with Crippen LogP contribution in [-0.4, -0.2) is 39.8 Å². The van der Waals surface area contributed by atoms with E-state index in [0.717, 1.165) is 21.7 Å². The quantitative estimate of drug-likeness (QED) is 0.483. The molecule has 1 aliphatic carbocycles. The number of hydrogen-bond donors (Lipinski definition) is 3. The van der Waals surface area contributed by atoms with E-state index in [1.54, 1.807) is 11.3 Å². The SMILES string of the molecule is CC(=O)N[C@H](C(=O)CCC1C[C@H](O)C[C@H]1C(=O)NCc1ccc(-c2scnc2C)cc1)C(C)(C)C. The van der Waals surface area contributed by atoms with Crippen LogP contribution in [0.3, 0.4) is 0 Å². The summed E-state index contributed by atoms with van der Waals surface area (Å²) < 4.78 is 0. The van der Waals surface area contributed by atoms with E-state index in [1.165, 1.54) is 6.92 Å². The fraction of sp³-hybridized carbons (Fsp3) is 0.556. The van der Waals surface area contributed by atoms with E-state index >= 15 is 0 Å². The number of aryl methyl sites for hydroxylation is 1. The van der Waals surface area contributed by atoms with Gasteiger partial charge in [-0.15, -0.1) is 11.3 Å². The summed E-state index contributed by atoms with van der Waals surface area (Å²) in [7, 11) is 0. The van der Waals surface area contributed by atoms with Crippen molar-refractivity contribution in [1.82, 2.24) is 15.6 Å². The molecule has 4 atom stereocenters. The van der Waals surface area contributed by atoms with Gasteiger partial charge in [-0.05, 0) is 48.6 Å². The molecule has 1 heterocycles. The first-order valence-corrected chi connectivity index (χ1v) is 13.1. The Labute approximate surface area is 211 Å². The van der Waals surface area contributed by atoms with Crippen molar-refractivity contribution in [3.05, 3.63) is 41.0 Å². The second kappa shape index (κ2) is 11.4. The lowest BCUT2D eigenvalue weighted by molar-refractivity contribution is -0.130. The second-order valence-corrected chi connectivity index (χ2v) is 11.5. The third-order valence-corrected chi connectivity index (χ3v) is 7.71. The first-order valence-electron chi connectivity index (χ1n) is 12.2. The molecule has 0 saturated heterocycles. The van der Waals surface area contributed by atoms with E-state index in [-0.39, 0.29) is 35.9 Å². The van der Waals surface area contributed by atoms with Crippen LogP contribution in [0.25, 0.3) is 10.4 Å². The Morgan fingerprint density at radius 1 is 1.17 bits per heavy atom. The topological polar surface area (TPSA) is 108 Å². The predicted octanol–water partition coefficient (Wildman–Crippen LogP) is 4.02. The Morgan fingerprint density at radius 3 is 2.43 bits per heavy atom. The summed E-state index contributed by atoms with van der Waals surface area (Å²) in [6.45, 7) is 9.58. The van der Waals surface area contributed by atoms with Gasteiger partial charge in [-0.25, -0.2) is 4.98 Å². The smallest absolute Gasteiger partial charge is 0.223 e. The van der Waals surface area contributed by atoms with Gasteiger partial charge in [0.1, 0.15) is 0 Å². The number of aliphatic hydroxyl groups excluding tert-OH is 1. The van der Waals surface area contributed by atoms with Crippen molar-refractivity contribution < 1.29 is 19.5 Å². The summed E-state index contributed by atoms with van der Waals surface area (Å²) in [6, 6.07) is 7.51. The summed E-state index contributed by atoms with van der Waals surface area (Å²) >= 11 is 1.61. The van der Waals surface area contributed by atoms with E-state index in [0.29, 0.717) is 25.8 Å². The number of Topliss-reactive ketones (excluding diaryl/α,β-unsaturated/α-hetero) is 1. The van der Waals surface area contributed by atoms with E-state index in [1.807, 2.05) is 57.5 Å². The number of nitrogens with zero attached hydrogens (tertiary/aromatic N) is 1. The maximum absolute atomic E-state index is 13.0. The number of aromatic nitrogens is 1. The number of nitrogens with one attached hydrogen (secondary N) is 2. The number of thiazole rings is 1. The molecule has 1 aromatic carbocycles. The van der Waals surface area contributed by atoms with Crippen LogP contribution in [0.15, 0.2) is 29.8 Å². The standard InChI is InChI=1S/C27H37N3O4S/c1-16-24(35-15-29-16)19-8-6-18(7-9-19)14-28-26(34)22-13-21(32)12-20(22)10-11-23(33)25(27(3,4)5)30-17(2)31/h6-9,15,20-22,25,32H,10-14H2,1-5H3,(H,28,34)(H,30,31)/t20?,21-,22+,25+/m0/s1. The number of rotatable bonds is 9. The van der Waals surface area contributed by atoms with Crippen LogP contribution in [-0.2, 0) is 20.9 Å². The molecule has 3 rings (SSSR count). The predicted molar refractivity (Wildman–Crippen MR) is 138 cm³/mol. The monoisotopic (exact) mass is 499 g/mol. The van der Waals surface area contributed by atoms with Gasteiger partial charge in [-0.1, -0.05) is 45.0 Å². The molecule has 35 heavy (non-hydrogen) atoms. The molecular formula is C27H37N3O4S. The van der Waals surface area contributed by atoms with Gasteiger partial charge in [-0.2, -0.15) is 0 Å². The molecule has 1 aromatic heterocycles. The second-order valence-electron chi connectivity index (χ2n) is 10.7. The van der Waals surface area contributed by atoms with Crippen LogP contribution < -0.4 is 10.6 Å². The highest BCUT2D eigenvalue weighted by molar-refractivity contribution is 7.13. The van der Waals surface area contributed by atoms with Crippen LogP contribution in [0.5, 0.6) is 0 Å². The number of carbonyl (C=O) groups excluding carboxylic acids is 3.